The van der Waals surface area contributed by atoms with Gasteiger partial charge >= 0.3 is 5.97 Å². The average molecular weight is 330 g/mol. The molecule has 1 aromatic rings. The first kappa shape index (κ1) is 17.7. The number of hydrogen-bond donors (Lipinski definition) is 2. The summed E-state index contributed by atoms with van der Waals surface area (Å²) in [7, 11) is 1.25. The van der Waals surface area contributed by atoms with E-state index in [-0.39, 0.29) is 17.9 Å². The highest BCUT2D eigenvalue weighted by Gasteiger charge is 2.36. The van der Waals surface area contributed by atoms with Crippen LogP contribution in [0.15, 0.2) is 35.5 Å². The van der Waals surface area contributed by atoms with E-state index in [9.17, 15) is 14.4 Å². The van der Waals surface area contributed by atoms with Crippen LogP contribution in [-0.4, -0.2) is 24.9 Å². The van der Waals surface area contributed by atoms with Crippen molar-refractivity contribution in [2.75, 3.05) is 12.4 Å². The summed E-state index contributed by atoms with van der Waals surface area (Å²) in [6.07, 6.45) is -0.0856. The van der Waals surface area contributed by atoms with Gasteiger partial charge in [-0.15, -0.1) is 0 Å². The van der Waals surface area contributed by atoms with Crippen LogP contribution in [0.4, 0.5) is 5.69 Å². The molecule has 1 aliphatic rings. The number of amides is 2. The summed E-state index contributed by atoms with van der Waals surface area (Å²) < 4.78 is 4.74. The van der Waals surface area contributed by atoms with Crippen molar-refractivity contribution in [2.45, 2.75) is 33.1 Å². The molecule has 0 aromatic heterocycles. The Morgan fingerprint density at radius 3 is 2.42 bits per heavy atom. The number of rotatable bonds is 4. The molecule has 0 radical (unpaired) electrons. The number of allylic oxidation sites excluding steroid dienone is 1. The van der Waals surface area contributed by atoms with Crippen LogP contribution in [0, 0.1) is 5.92 Å². The third kappa shape index (κ3) is 3.82. The van der Waals surface area contributed by atoms with Gasteiger partial charge in [0.2, 0.25) is 11.8 Å². The van der Waals surface area contributed by atoms with E-state index in [0.717, 1.165) is 5.56 Å². The average Bonchev–Trinajstić information content (AvgIpc) is 2.53. The number of esters is 1. The lowest BCUT2D eigenvalue weighted by Crippen LogP contribution is -2.40. The standard InChI is InChI=1S/C18H22N2O4/c1-10(2)12-5-7-13(8-6-12)20-17(22)14-9-15(21)19-11(3)16(14)18(23)24-4/h5-8,10,14H,9H2,1-4H3,(H,19,21)(H,20,22). The molecule has 1 heterocycles. The topological polar surface area (TPSA) is 84.5 Å². The first-order valence-electron chi connectivity index (χ1n) is 7.83. The Labute approximate surface area is 141 Å². The summed E-state index contributed by atoms with van der Waals surface area (Å²) in [5.74, 6) is -1.77. The third-order valence-electron chi connectivity index (χ3n) is 4.04. The fourth-order valence-electron chi connectivity index (χ4n) is 2.69. The van der Waals surface area contributed by atoms with Gasteiger partial charge in [0.05, 0.1) is 18.6 Å². The van der Waals surface area contributed by atoms with E-state index in [4.69, 9.17) is 4.74 Å². The maximum atomic E-state index is 12.6. The summed E-state index contributed by atoms with van der Waals surface area (Å²) >= 11 is 0. The normalized spacial score (nSPS) is 17.5. The van der Waals surface area contributed by atoms with Crippen molar-refractivity contribution in [3.8, 4) is 0 Å². The first-order valence-corrected chi connectivity index (χ1v) is 7.83. The molecule has 1 aromatic carbocycles. The minimum Gasteiger partial charge on any atom is -0.466 e. The highest BCUT2D eigenvalue weighted by Crippen LogP contribution is 2.26. The minimum absolute atomic E-state index is 0.0856. The van der Waals surface area contributed by atoms with E-state index in [1.807, 2.05) is 24.3 Å². The first-order chi connectivity index (χ1) is 11.3. The lowest BCUT2D eigenvalue weighted by molar-refractivity contribution is -0.139. The summed E-state index contributed by atoms with van der Waals surface area (Å²) in [5.41, 5.74) is 2.33. The van der Waals surface area contributed by atoms with Crippen molar-refractivity contribution < 1.29 is 19.1 Å². The van der Waals surface area contributed by atoms with Crippen molar-refractivity contribution in [3.63, 3.8) is 0 Å². The van der Waals surface area contributed by atoms with Crippen molar-refractivity contribution in [3.05, 3.63) is 41.1 Å². The number of methoxy groups -OCH3 is 1. The fraction of sp³-hybridized carbons (Fsp3) is 0.389. The Morgan fingerprint density at radius 1 is 1.25 bits per heavy atom. The zero-order chi connectivity index (χ0) is 17.9. The summed E-state index contributed by atoms with van der Waals surface area (Å²) in [6.45, 7) is 5.76. The molecule has 0 aliphatic carbocycles. The molecule has 1 atom stereocenters. The Kier molecular flexibility index (Phi) is 5.39. The molecule has 6 nitrogen and oxygen atoms in total. The SMILES string of the molecule is COC(=O)C1=C(C)NC(=O)CC1C(=O)Nc1ccc(C(C)C)cc1. The van der Waals surface area contributed by atoms with Crippen molar-refractivity contribution >= 4 is 23.5 Å². The molecule has 2 amide bonds. The maximum absolute atomic E-state index is 12.6. The molecule has 2 N–H and O–H groups in total. The zero-order valence-corrected chi connectivity index (χ0v) is 14.3. The maximum Gasteiger partial charge on any atom is 0.336 e. The smallest absolute Gasteiger partial charge is 0.336 e. The van der Waals surface area contributed by atoms with Gasteiger partial charge in [0, 0.05) is 17.8 Å². The molecule has 128 valence electrons. The summed E-state index contributed by atoms with van der Waals surface area (Å²) in [6, 6.07) is 7.50. The fourth-order valence-corrected chi connectivity index (χ4v) is 2.69. The van der Waals surface area contributed by atoms with Crippen LogP contribution >= 0.6 is 0 Å². The highest BCUT2D eigenvalue weighted by atomic mass is 16.5. The van der Waals surface area contributed by atoms with E-state index >= 15 is 0 Å². The number of nitrogens with one attached hydrogen (secondary N) is 2. The number of benzene rings is 1. The van der Waals surface area contributed by atoms with Gasteiger partial charge in [-0.05, 0) is 30.5 Å². The van der Waals surface area contributed by atoms with Gasteiger partial charge in [-0.3, -0.25) is 9.59 Å². The number of anilines is 1. The van der Waals surface area contributed by atoms with Crippen LogP contribution in [-0.2, 0) is 19.1 Å². The largest absolute Gasteiger partial charge is 0.466 e. The molecule has 0 fully saturated rings. The van der Waals surface area contributed by atoms with Crippen LogP contribution in [0.2, 0.25) is 0 Å². The van der Waals surface area contributed by atoms with E-state index in [2.05, 4.69) is 24.5 Å². The molecule has 0 spiro atoms. The minimum atomic E-state index is -0.865. The molecule has 0 bridgehead atoms. The number of hydrogen-bond acceptors (Lipinski definition) is 4. The van der Waals surface area contributed by atoms with Gasteiger partial charge in [-0.25, -0.2) is 4.79 Å². The predicted molar refractivity (Wildman–Crippen MR) is 90.1 cm³/mol. The molecule has 24 heavy (non-hydrogen) atoms. The van der Waals surface area contributed by atoms with E-state index in [1.165, 1.54) is 7.11 Å². The Balaban J connectivity index is 2.21. The monoisotopic (exact) mass is 330 g/mol. The summed E-state index contributed by atoms with van der Waals surface area (Å²) in [5, 5.41) is 5.34. The number of ether oxygens (including phenoxy) is 1. The van der Waals surface area contributed by atoms with E-state index in [0.29, 0.717) is 17.3 Å². The Bertz CT molecular complexity index is 689. The van der Waals surface area contributed by atoms with Gasteiger partial charge in [0.1, 0.15) is 0 Å². The molecule has 1 aliphatic heterocycles. The lowest BCUT2D eigenvalue weighted by Gasteiger charge is -2.25. The van der Waals surface area contributed by atoms with Crippen LogP contribution < -0.4 is 10.6 Å². The number of carbonyl (C=O) groups excluding carboxylic acids is 3. The van der Waals surface area contributed by atoms with Crippen molar-refractivity contribution in [1.82, 2.24) is 5.32 Å². The molecule has 6 heteroatoms. The van der Waals surface area contributed by atoms with Gasteiger partial charge in [0.25, 0.3) is 0 Å². The number of carbonyl (C=O) groups is 3. The second-order valence-corrected chi connectivity index (χ2v) is 6.10. The Morgan fingerprint density at radius 2 is 1.88 bits per heavy atom. The molecular formula is C18H22N2O4. The van der Waals surface area contributed by atoms with Crippen LogP contribution in [0.1, 0.15) is 38.7 Å². The van der Waals surface area contributed by atoms with Gasteiger partial charge < -0.3 is 15.4 Å². The van der Waals surface area contributed by atoms with Crippen molar-refractivity contribution in [2.24, 2.45) is 5.92 Å². The molecule has 1 unspecified atom stereocenters. The second kappa shape index (κ2) is 7.29. The Hall–Kier alpha value is -2.63. The highest BCUT2D eigenvalue weighted by molar-refractivity contribution is 6.06. The predicted octanol–water partition coefficient (Wildman–Crippen LogP) is 2.33. The second-order valence-electron chi connectivity index (χ2n) is 6.10. The van der Waals surface area contributed by atoms with Crippen molar-refractivity contribution in [1.29, 1.82) is 0 Å². The van der Waals surface area contributed by atoms with Gasteiger partial charge in [0.15, 0.2) is 0 Å². The third-order valence-corrected chi connectivity index (χ3v) is 4.04. The zero-order valence-electron chi connectivity index (χ0n) is 14.3. The van der Waals surface area contributed by atoms with Gasteiger partial charge in [-0.1, -0.05) is 26.0 Å². The quantitative estimate of drug-likeness (QED) is 0.830. The van der Waals surface area contributed by atoms with Crippen LogP contribution in [0.3, 0.4) is 0 Å². The molecule has 0 saturated heterocycles. The van der Waals surface area contributed by atoms with Gasteiger partial charge in [-0.2, -0.15) is 0 Å². The van der Waals surface area contributed by atoms with Crippen LogP contribution in [0.25, 0.3) is 0 Å². The van der Waals surface area contributed by atoms with E-state index in [1.54, 1.807) is 6.92 Å². The molecule has 0 saturated carbocycles. The summed E-state index contributed by atoms with van der Waals surface area (Å²) in [4.78, 5) is 36.3. The van der Waals surface area contributed by atoms with Crippen LogP contribution in [0.5, 0.6) is 0 Å². The molecular weight excluding hydrogens is 308 g/mol. The van der Waals surface area contributed by atoms with E-state index < -0.39 is 17.8 Å². The molecule has 2 rings (SSSR count). The lowest BCUT2D eigenvalue weighted by atomic mass is 9.89.